The molecule has 3 nitrogen and oxygen atoms in total. The van der Waals surface area contributed by atoms with E-state index in [1.165, 1.54) is 43.1 Å². The molecule has 0 saturated carbocycles. The van der Waals surface area contributed by atoms with Gasteiger partial charge in [0.2, 0.25) is 0 Å². The van der Waals surface area contributed by atoms with Gasteiger partial charge in [-0.1, -0.05) is 24.6 Å². The fourth-order valence-corrected chi connectivity index (χ4v) is 4.29. The third-order valence-electron chi connectivity index (χ3n) is 4.78. The van der Waals surface area contributed by atoms with Crippen molar-refractivity contribution in [1.29, 1.82) is 0 Å². The number of fused-ring (bicyclic) bond motifs is 1. The average Bonchev–Trinajstić information content (AvgIpc) is 2.79. The average molecular weight is 397 g/mol. The number of hydrogen-bond acceptors (Lipinski definition) is 2. The standard InChI is InChI=1S/C17H24IN3/c1-13-7-5-8-14(2)20(13)11-6-12-21-16-10-4-3-9-15(16)17(18)19-21/h3-4,9-10,13-14H,5-8,11-12H2,1-2H3. The van der Waals surface area contributed by atoms with Crippen LogP contribution in [-0.4, -0.2) is 33.3 Å². The lowest BCUT2D eigenvalue weighted by Crippen LogP contribution is -2.44. The van der Waals surface area contributed by atoms with E-state index in [1.807, 2.05) is 0 Å². The second-order valence-corrected chi connectivity index (χ2v) is 7.27. The van der Waals surface area contributed by atoms with E-state index in [-0.39, 0.29) is 0 Å². The van der Waals surface area contributed by atoms with E-state index in [2.05, 4.69) is 70.3 Å². The number of aryl methyl sites for hydroxylation is 1. The Labute approximate surface area is 140 Å². The van der Waals surface area contributed by atoms with Gasteiger partial charge in [-0.25, -0.2) is 0 Å². The highest BCUT2D eigenvalue weighted by Gasteiger charge is 2.23. The predicted octanol–water partition coefficient (Wildman–Crippen LogP) is 4.29. The lowest BCUT2D eigenvalue weighted by atomic mass is 9.97. The Hall–Kier alpha value is -0.620. The molecule has 2 unspecified atom stereocenters. The third kappa shape index (κ3) is 3.26. The minimum atomic E-state index is 0.739. The predicted molar refractivity (Wildman–Crippen MR) is 96.5 cm³/mol. The van der Waals surface area contributed by atoms with Crippen LogP contribution in [0.5, 0.6) is 0 Å². The maximum absolute atomic E-state index is 4.70. The van der Waals surface area contributed by atoms with Crippen molar-refractivity contribution in [3.63, 3.8) is 0 Å². The summed E-state index contributed by atoms with van der Waals surface area (Å²) in [6.45, 7) is 6.95. The van der Waals surface area contributed by atoms with Gasteiger partial charge in [-0.2, -0.15) is 5.10 Å². The van der Waals surface area contributed by atoms with Gasteiger partial charge in [-0.3, -0.25) is 9.58 Å². The van der Waals surface area contributed by atoms with E-state index in [0.29, 0.717) is 0 Å². The number of nitrogens with zero attached hydrogens (tertiary/aromatic N) is 3. The van der Waals surface area contributed by atoms with E-state index in [1.54, 1.807) is 0 Å². The van der Waals surface area contributed by atoms with Gasteiger partial charge in [0.1, 0.15) is 3.70 Å². The summed E-state index contributed by atoms with van der Waals surface area (Å²) in [5.41, 5.74) is 1.27. The fourth-order valence-electron chi connectivity index (χ4n) is 3.58. The molecule has 114 valence electrons. The van der Waals surface area contributed by atoms with Crippen LogP contribution in [-0.2, 0) is 6.54 Å². The lowest BCUT2D eigenvalue weighted by Gasteiger charge is -2.39. The zero-order valence-corrected chi connectivity index (χ0v) is 15.1. The molecule has 0 spiro atoms. The van der Waals surface area contributed by atoms with Crippen LogP contribution in [0.1, 0.15) is 39.5 Å². The monoisotopic (exact) mass is 397 g/mol. The van der Waals surface area contributed by atoms with Gasteiger partial charge in [-0.05, 0) is 61.8 Å². The number of benzene rings is 1. The van der Waals surface area contributed by atoms with Crippen molar-refractivity contribution in [2.24, 2.45) is 0 Å². The fraction of sp³-hybridized carbons (Fsp3) is 0.588. The van der Waals surface area contributed by atoms with E-state index >= 15 is 0 Å². The molecule has 1 aliphatic heterocycles. The Morgan fingerprint density at radius 2 is 1.86 bits per heavy atom. The van der Waals surface area contributed by atoms with Crippen LogP contribution in [0.15, 0.2) is 24.3 Å². The summed E-state index contributed by atoms with van der Waals surface area (Å²) < 4.78 is 3.29. The maximum Gasteiger partial charge on any atom is 0.131 e. The zero-order valence-electron chi connectivity index (χ0n) is 12.9. The largest absolute Gasteiger partial charge is 0.298 e. The molecule has 1 aliphatic rings. The summed E-state index contributed by atoms with van der Waals surface area (Å²) in [4.78, 5) is 2.68. The van der Waals surface area contributed by atoms with Crippen molar-refractivity contribution < 1.29 is 0 Å². The Bertz CT molecular complexity index is 597. The molecule has 0 N–H and O–H groups in total. The minimum Gasteiger partial charge on any atom is -0.298 e. The van der Waals surface area contributed by atoms with E-state index in [4.69, 9.17) is 5.10 Å². The molecule has 0 radical (unpaired) electrons. The number of rotatable bonds is 4. The summed E-state index contributed by atoms with van der Waals surface area (Å²) in [5.74, 6) is 0. The highest BCUT2D eigenvalue weighted by molar-refractivity contribution is 14.1. The first kappa shape index (κ1) is 15.3. The van der Waals surface area contributed by atoms with Crippen LogP contribution in [0.4, 0.5) is 0 Å². The number of halogens is 1. The minimum absolute atomic E-state index is 0.739. The molecule has 0 aliphatic carbocycles. The topological polar surface area (TPSA) is 21.1 Å². The van der Waals surface area contributed by atoms with Crippen LogP contribution < -0.4 is 0 Å². The molecule has 0 amide bonds. The van der Waals surface area contributed by atoms with E-state index < -0.39 is 0 Å². The summed E-state index contributed by atoms with van der Waals surface area (Å²) in [6.07, 6.45) is 5.27. The summed E-state index contributed by atoms with van der Waals surface area (Å²) >= 11 is 2.34. The Balaban J connectivity index is 1.64. The van der Waals surface area contributed by atoms with Crippen molar-refractivity contribution in [2.75, 3.05) is 6.54 Å². The number of para-hydroxylation sites is 1. The highest BCUT2D eigenvalue weighted by Crippen LogP contribution is 2.23. The van der Waals surface area contributed by atoms with Gasteiger partial charge in [0.25, 0.3) is 0 Å². The quantitative estimate of drug-likeness (QED) is 0.718. The number of hydrogen-bond donors (Lipinski definition) is 0. The maximum atomic E-state index is 4.70. The van der Waals surface area contributed by atoms with Gasteiger partial charge < -0.3 is 0 Å². The van der Waals surface area contributed by atoms with Crippen molar-refractivity contribution >= 4 is 33.5 Å². The van der Waals surface area contributed by atoms with Gasteiger partial charge in [-0.15, -0.1) is 0 Å². The molecule has 4 heteroatoms. The molecule has 0 bridgehead atoms. The Kier molecular flexibility index (Phi) is 4.84. The smallest absolute Gasteiger partial charge is 0.131 e. The van der Waals surface area contributed by atoms with Crippen molar-refractivity contribution in [3.8, 4) is 0 Å². The van der Waals surface area contributed by atoms with Crippen molar-refractivity contribution in [3.05, 3.63) is 28.0 Å². The molecular weight excluding hydrogens is 373 g/mol. The molecular formula is C17H24IN3. The second kappa shape index (κ2) is 6.65. The van der Waals surface area contributed by atoms with Gasteiger partial charge in [0.05, 0.1) is 5.52 Å². The number of piperidine rings is 1. The normalized spacial score (nSPS) is 23.8. The van der Waals surface area contributed by atoms with Crippen molar-refractivity contribution in [2.45, 2.75) is 58.2 Å². The molecule has 21 heavy (non-hydrogen) atoms. The lowest BCUT2D eigenvalue weighted by molar-refractivity contribution is 0.100. The van der Waals surface area contributed by atoms with Crippen LogP contribution >= 0.6 is 22.6 Å². The molecule has 1 aromatic heterocycles. The molecule has 2 heterocycles. The molecule has 2 aromatic rings. The Morgan fingerprint density at radius 1 is 1.14 bits per heavy atom. The first-order valence-corrected chi connectivity index (χ1v) is 9.11. The molecule has 2 atom stereocenters. The third-order valence-corrected chi connectivity index (χ3v) is 5.57. The first-order chi connectivity index (χ1) is 10.2. The SMILES string of the molecule is CC1CCCC(C)N1CCCn1nc(I)c2ccccc21. The van der Waals surface area contributed by atoms with Gasteiger partial charge in [0, 0.05) is 30.6 Å². The van der Waals surface area contributed by atoms with Gasteiger partial charge in [0.15, 0.2) is 0 Å². The summed E-state index contributed by atoms with van der Waals surface area (Å²) in [5, 5.41) is 5.97. The van der Waals surface area contributed by atoms with Crippen molar-refractivity contribution in [1.82, 2.24) is 14.7 Å². The van der Waals surface area contributed by atoms with Crippen LogP contribution in [0, 0.1) is 3.70 Å². The Morgan fingerprint density at radius 3 is 2.62 bits per heavy atom. The van der Waals surface area contributed by atoms with Crippen LogP contribution in [0.2, 0.25) is 0 Å². The molecule has 1 fully saturated rings. The van der Waals surface area contributed by atoms with E-state index in [9.17, 15) is 0 Å². The van der Waals surface area contributed by atoms with E-state index in [0.717, 1.165) is 22.3 Å². The van der Waals surface area contributed by atoms with Crippen LogP contribution in [0.3, 0.4) is 0 Å². The summed E-state index contributed by atoms with van der Waals surface area (Å²) in [6, 6.07) is 10.0. The molecule has 1 saturated heterocycles. The first-order valence-electron chi connectivity index (χ1n) is 8.03. The second-order valence-electron chi connectivity index (χ2n) is 6.25. The number of likely N-dealkylation sites (tertiary alicyclic amines) is 1. The number of aromatic nitrogens is 2. The van der Waals surface area contributed by atoms with Gasteiger partial charge >= 0.3 is 0 Å². The van der Waals surface area contributed by atoms with Crippen LogP contribution in [0.25, 0.3) is 10.9 Å². The molecule has 3 rings (SSSR count). The zero-order chi connectivity index (χ0) is 14.8. The molecule has 1 aromatic carbocycles. The summed E-state index contributed by atoms with van der Waals surface area (Å²) in [7, 11) is 0. The highest BCUT2D eigenvalue weighted by atomic mass is 127.